The van der Waals surface area contributed by atoms with Crippen LogP contribution in [0.2, 0.25) is 0 Å². The van der Waals surface area contributed by atoms with Crippen LogP contribution in [-0.2, 0) is 0 Å². The van der Waals surface area contributed by atoms with Crippen LogP contribution >= 0.6 is 36.8 Å². The third-order valence-electron chi connectivity index (χ3n) is 0.485. The van der Waals surface area contributed by atoms with Crippen molar-refractivity contribution >= 4 is 66.3 Å². The first-order valence-electron chi connectivity index (χ1n) is 1.63. The van der Waals surface area contributed by atoms with Crippen molar-refractivity contribution in [1.82, 2.24) is 4.37 Å². The van der Waals surface area contributed by atoms with Gasteiger partial charge in [0.15, 0.2) is 0 Å². The molecule has 0 atom stereocenters. The Morgan fingerprint density at radius 2 is 2.12 bits per heavy atom. The van der Waals surface area contributed by atoms with Gasteiger partial charge in [0, 0.05) is 29.6 Å². The maximum atomic E-state index is 4.01. The Labute approximate surface area is 85.2 Å². The summed E-state index contributed by atoms with van der Waals surface area (Å²) in [6.07, 6.45) is 0. The molecule has 0 aliphatic rings. The minimum atomic E-state index is 0. The normalized spacial score (nSPS) is 8.25. The summed E-state index contributed by atoms with van der Waals surface area (Å²) in [6, 6.07) is 1.80. The second-order valence-electron chi connectivity index (χ2n) is 1.02. The first kappa shape index (κ1) is 9.33. The molecule has 0 saturated heterocycles. The summed E-state index contributed by atoms with van der Waals surface area (Å²) in [5.41, 5.74) is 0. The molecule has 0 unspecified atom stereocenters. The van der Waals surface area contributed by atoms with Crippen molar-refractivity contribution in [1.29, 1.82) is 0 Å². The van der Waals surface area contributed by atoms with Crippen molar-refractivity contribution in [3.63, 3.8) is 0 Å². The molecule has 0 amide bonds. The second-order valence-corrected chi connectivity index (χ2v) is 3.07. The minimum absolute atomic E-state index is 0. The van der Waals surface area contributed by atoms with Crippen LogP contribution in [0.15, 0.2) is 15.3 Å². The van der Waals surface area contributed by atoms with Gasteiger partial charge >= 0.3 is 0 Å². The average Bonchev–Trinajstić information content (AvgIpc) is 1.87. The molecule has 5 heteroatoms. The van der Waals surface area contributed by atoms with Gasteiger partial charge in [-0.1, -0.05) is 0 Å². The molecule has 1 nitrogen and oxygen atoms in total. The number of nitrogens with zero attached hydrogens (tertiary/aromatic N) is 1. The van der Waals surface area contributed by atoms with E-state index in [1.165, 1.54) is 11.5 Å². The van der Waals surface area contributed by atoms with Gasteiger partial charge in [0.25, 0.3) is 0 Å². The summed E-state index contributed by atoms with van der Waals surface area (Å²) in [6.45, 7) is 0. The zero-order chi connectivity index (χ0) is 5.28. The summed E-state index contributed by atoms with van der Waals surface area (Å²) in [7, 11) is 0. The Balaban J connectivity index is 0.000000490. The number of thiol groups is 2. The van der Waals surface area contributed by atoms with E-state index < -0.39 is 0 Å². The molecule has 1 aromatic rings. The topological polar surface area (TPSA) is 12.9 Å². The van der Waals surface area contributed by atoms with Gasteiger partial charge in [0.2, 0.25) is 0 Å². The van der Waals surface area contributed by atoms with E-state index in [1.54, 1.807) is 6.07 Å². The van der Waals surface area contributed by atoms with E-state index in [2.05, 4.69) is 29.6 Å². The quantitative estimate of drug-likeness (QED) is 0.445. The molecule has 1 heterocycles. The Morgan fingerprint density at radius 3 is 2.25 bits per heavy atom. The summed E-state index contributed by atoms with van der Waals surface area (Å²) in [4.78, 5) is 0. The Morgan fingerprint density at radius 1 is 1.50 bits per heavy atom. The molecule has 39 valence electrons. The molecule has 1 aromatic heterocycles. The van der Waals surface area contributed by atoms with Gasteiger partial charge in [-0.2, -0.15) is 4.37 Å². The third-order valence-corrected chi connectivity index (χ3v) is 1.82. The minimum Gasteiger partial charge on any atom is -0.185 e. The SMILES string of the molecule is Sc1cc(S)sn1.[Na]. The van der Waals surface area contributed by atoms with Crippen LogP contribution in [0, 0.1) is 0 Å². The monoisotopic (exact) mass is 172 g/mol. The van der Waals surface area contributed by atoms with Crippen molar-refractivity contribution in [2.75, 3.05) is 0 Å². The van der Waals surface area contributed by atoms with Crippen molar-refractivity contribution in [2.45, 2.75) is 9.24 Å². The van der Waals surface area contributed by atoms with Crippen LogP contribution in [-0.4, -0.2) is 33.9 Å². The largest absolute Gasteiger partial charge is 0.185 e. The van der Waals surface area contributed by atoms with E-state index in [4.69, 9.17) is 0 Å². The molecule has 0 aromatic carbocycles. The van der Waals surface area contributed by atoms with Crippen molar-refractivity contribution in [2.24, 2.45) is 0 Å². The molecule has 0 saturated carbocycles. The molecule has 0 spiro atoms. The maximum Gasteiger partial charge on any atom is 0.108 e. The molecule has 0 aliphatic carbocycles. The standard InChI is InChI=1S/C3H3NS3.Na/c5-2-1-3(6)7-4-2;/h1,6H,(H,4,5);. The smallest absolute Gasteiger partial charge is 0.108 e. The summed E-state index contributed by atoms with van der Waals surface area (Å²) in [5.74, 6) is 0. The van der Waals surface area contributed by atoms with E-state index in [-0.39, 0.29) is 29.6 Å². The van der Waals surface area contributed by atoms with E-state index in [1.807, 2.05) is 0 Å². The predicted molar refractivity (Wildman–Crippen MR) is 42.4 cm³/mol. The van der Waals surface area contributed by atoms with Crippen LogP contribution in [0.25, 0.3) is 0 Å². The van der Waals surface area contributed by atoms with Gasteiger partial charge < -0.3 is 0 Å². The van der Waals surface area contributed by atoms with Crippen LogP contribution < -0.4 is 0 Å². The molecule has 0 fully saturated rings. The molecular weight excluding hydrogens is 169 g/mol. The number of hydrogen-bond acceptors (Lipinski definition) is 4. The van der Waals surface area contributed by atoms with Crippen LogP contribution in [0.1, 0.15) is 0 Å². The van der Waals surface area contributed by atoms with Crippen molar-refractivity contribution in [3.05, 3.63) is 6.07 Å². The van der Waals surface area contributed by atoms with Crippen LogP contribution in [0.3, 0.4) is 0 Å². The predicted octanol–water partition coefficient (Wildman–Crippen LogP) is 1.34. The Kier molecular flexibility index (Phi) is 4.89. The summed E-state index contributed by atoms with van der Waals surface area (Å²) < 4.78 is 4.75. The number of rotatable bonds is 0. The van der Waals surface area contributed by atoms with Gasteiger partial charge in [-0.05, 0) is 17.6 Å². The summed E-state index contributed by atoms with van der Waals surface area (Å²) >= 11 is 9.31. The van der Waals surface area contributed by atoms with E-state index in [0.717, 1.165) is 9.24 Å². The van der Waals surface area contributed by atoms with Gasteiger partial charge in [-0.15, -0.1) is 25.3 Å². The fourth-order valence-corrected chi connectivity index (χ4v) is 1.35. The zero-order valence-electron chi connectivity index (χ0n) is 4.33. The first-order chi connectivity index (χ1) is 3.29. The summed E-state index contributed by atoms with van der Waals surface area (Å²) in [5, 5.41) is 0.745. The molecule has 0 bridgehead atoms. The number of aromatic nitrogens is 1. The third kappa shape index (κ3) is 2.75. The molecule has 1 rings (SSSR count). The Hall–Kier alpha value is 1.33. The zero-order valence-corrected chi connectivity index (χ0v) is 8.93. The van der Waals surface area contributed by atoms with E-state index >= 15 is 0 Å². The van der Waals surface area contributed by atoms with Gasteiger partial charge in [-0.25, -0.2) is 0 Å². The fourth-order valence-electron chi connectivity index (χ4n) is 0.257. The van der Waals surface area contributed by atoms with Crippen LogP contribution in [0.4, 0.5) is 0 Å². The van der Waals surface area contributed by atoms with E-state index in [9.17, 15) is 0 Å². The molecular formula is C3H3NNaS3. The fraction of sp³-hybridized carbons (Fsp3) is 0. The second kappa shape index (κ2) is 4.19. The maximum absolute atomic E-state index is 4.01. The van der Waals surface area contributed by atoms with E-state index in [0.29, 0.717) is 0 Å². The Bertz CT molecular complexity index is 147. The van der Waals surface area contributed by atoms with Gasteiger partial charge in [0.1, 0.15) is 5.03 Å². The van der Waals surface area contributed by atoms with Gasteiger partial charge in [0.05, 0.1) is 4.21 Å². The molecule has 0 N–H and O–H groups in total. The first-order valence-corrected chi connectivity index (χ1v) is 3.30. The molecule has 1 radical (unpaired) electrons. The molecule has 0 aliphatic heterocycles. The van der Waals surface area contributed by atoms with Crippen molar-refractivity contribution in [3.8, 4) is 0 Å². The average molecular weight is 172 g/mol. The molecule has 8 heavy (non-hydrogen) atoms. The number of hydrogen-bond donors (Lipinski definition) is 2. The van der Waals surface area contributed by atoms with Gasteiger partial charge in [-0.3, -0.25) is 0 Å². The van der Waals surface area contributed by atoms with Crippen molar-refractivity contribution < 1.29 is 0 Å². The van der Waals surface area contributed by atoms with Crippen LogP contribution in [0.5, 0.6) is 0 Å².